The number of hydrogen-bond acceptors (Lipinski definition) is 6. The normalized spacial score (nSPS) is 18.4. The third-order valence-electron chi connectivity index (χ3n) is 6.42. The van der Waals surface area contributed by atoms with Crippen molar-refractivity contribution in [2.24, 2.45) is 0 Å². The summed E-state index contributed by atoms with van der Waals surface area (Å²) in [5, 5.41) is 17.5. The topological polar surface area (TPSA) is 122 Å². The highest BCUT2D eigenvalue weighted by Crippen LogP contribution is 2.44. The monoisotopic (exact) mass is 498 g/mol. The van der Waals surface area contributed by atoms with Crippen LogP contribution in [-0.2, 0) is 18.4 Å². The van der Waals surface area contributed by atoms with Crippen molar-refractivity contribution in [3.63, 3.8) is 0 Å². The maximum absolute atomic E-state index is 13.4. The molecule has 3 N–H and O–H groups in total. The van der Waals surface area contributed by atoms with E-state index in [-0.39, 0.29) is 17.0 Å². The number of ether oxygens (including phenoxy) is 1. The summed E-state index contributed by atoms with van der Waals surface area (Å²) in [6.07, 6.45) is -0.499. The number of pyridine rings is 1. The van der Waals surface area contributed by atoms with Crippen LogP contribution in [-0.4, -0.2) is 52.6 Å². The second-order valence-corrected chi connectivity index (χ2v) is 8.69. The van der Waals surface area contributed by atoms with E-state index in [2.05, 4.69) is 20.7 Å². The number of aryl methyl sites for hydroxylation is 1. The number of amides is 2. The zero-order valence-corrected chi connectivity index (χ0v) is 19.1. The number of alkyl halides is 3. The zero-order valence-electron chi connectivity index (χ0n) is 19.1. The minimum Gasteiger partial charge on any atom is -0.484 e. The van der Waals surface area contributed by atoms with Gasteiger partial charge in [-0.25, -0.2) is 9.67 Å². The Morgan fingerprint density at radius 1 is 1.33 bits per heavy atom. The smallest absolute Gasteiger partial charge is 0.422 e. The Morgan fingerprint density at radius 3 is 2.81 bits per heavy atom. The molecule has 5 rings (SSSR count). The Labute approximate surface area is 203 Å². The Bertz CT molecular complexity index is 1380. The van der Waals surface area contributed by atoms with E-state index in [0.717, 1.165) is 17.3 Å². The minimum absolute atomic E-state index is 0.0454. The third kappa shape index (κ3) is 3.97. The van der Waals surface area contributed by atoms with E-state index in [4.69, 9.17) is 10.1 Å². The number of carbonyl (C=O) groups is 2. The number of nitrogens with zero attached hydrogens (tertiary/aromatic N) is 3. The van der Waals surface area contributed by atoms with Gasteiger partial charge in [-0.2, -0.15) is 18.3 Å². The van der Waals surface area contributed by atoms with Crippen molar-refractivity contribution < 1.29 is 27.5 Å². The molecule has 186 valence electrons. The molecule has 36 heavy (non-hydrogen) atoms. The second kappa shape index (κ2) is 8.47. The van der Waals surface area contributed by atoms with E-state index in [1.54, 1.807) is 24.3 Å². The van der Waals surface area contributed by atoms with Crippen LogP contribution in [0.4, 0.5) is 13.2 Å². The molecule has 3 heterocycles. The Balaban J connectivity index is 1.53. The molecule has 0 bridgehead atoms. The molecule has 1 aliphatic carbocycles. The van der Waals surface area contributed by atoms with Crippen molar-refractivity contribution in [1.82, 2.24) is 25.4 Å². The van der Waals surface area contributed by atoms with Crippen LogP contribution in [0.2, 0.25) is 0 Å². The third-order valence-corrected chi connectivity index (χ3v) is 6.42. The first-order valence-electron chi connectivity index (χ1n) is 11.1. The van der Waals surface area contributed by atoms with Crippen molar-refractivity contribution in [1.29, 1.82) is 5.41 Å². The first-order valence-corrected chi connectivity index (χ1v) is 11.1. The van der Waals surface area contributed by atoms with E-state index in [1.807, 2.05) is 0 Å². The molecular weight excluding hydrogens is 477 g/mol. The summed E-state index contributed by atoms with van der Waals surface area (Å²) >= 11 is 0. The molecule has 1 aromatic carbocycles. The molecule has 0 saturated heterocycles. The largest absolute Gasteiger partial charge is 0.484 e. The molecule has 0 fully saturated rings. The second-order valence-electron chi connectivity index (χ2n) is 8.69. The molecule has 1 aliphatic heterocycles. The van der Waals surface area contributed by atoms with Gasteiger partial charge in [0.25, 0.3) is 11.8 Å². The molecule has 2 aromatic heterocycles. The molecule has 2 amide bonds. The average Bonchev–Trinajstić information content (AvgIpc) is 3.41. The fraction of sp³-hybridized carbons (Fsp3) is 0.292. The molecule has 2 aliphatic rings. The number of hydrogen-bond donors (Lipinski definition) is 3. The predicted molar refractivity (Wildman–Crippen MR) is 122 cm³/mol. The highest BCUT2D eigenvalue weighted by atomic mass is 19.4. The lowest BCUT2D eigenvalue weighted by molar-refractivity contribution is -0.153. The Hall–Kier alpha value is -4.22. The number of benzene rings is 1. The van der Waals surface area contributed by atoms with E-state index in [9.17, 15) is 22.8 Å². The number of carbonyl (C=O) groups excluding carboxylic acids is 2. The minimum atomic E-state index is -4.44. The van der Waals surface area contributed by atoms with Crippen molar-refractivity contribution in [2.75, 3.05) is 13.7 Å². The highest BCUT2D eigenvalue weighted by Gasteiger charge is 2.47. The van der Waals surface area contributed by atoms with Gasteiger partial charge >= 0.3 is 6.18 Å². The van der Waals surface area contributed by atoms with E-state index < -0.39 is 30.1 Å². The van der Waals surface area contributed by atoms with Gasteiger partial charge in [-0.15, -0.1) is 0 Å². The van der Waals surface area contributed by atoms with Gasteiger partial charge in [0.15, 0.2) is 12.4 Å². The van der Waals surface area contributed by atoms with E-state index in [1.165, 1.54) is 24.0 Å². The molecule has 12 heteroatoms. The molecule has 0 radical (unpaired) electrons. The van der Waals surface area contributed by atoms with Gasteiger partial charge in [0.1, 0.15) is 11.4 Å². The molecular formula is C24H21F3N6O3. The maximum Gasteiger partial charge on any atom is 0.422 e. The molecule has 9 nitrogen and oxygen atoms in total. The van der Waals surface area contributed by atoms with Crippen LogP contribution in [0.3, 0.4) is 0 Å². The van der Waals surface area contributed by atoms with Crippen LogP contribution >= 0.6 is 0 Å². The lowest BCUT2D eigenvalue weighted by atomic mass is 9.82. The number of rotatable bonds is 5. The number of fused-ring (bicyclic) bond motifs is 3. The Morgan fingerprint density at radius 2 is 2.14 bits per heavy atom. The molecule has 1 spiro atoms. The number of nitrogens with one attached hydrogen (secondary N) is 3. The Kier molecular flexibility index (Phi) is 5.53. The maximum atomic E-state index is 13.4. The fourth-order valence-electron chi connectivity index (χ4n) is 4.83. The van der Waals surface area contributed by atoms with Crippen LogP contribution in [0.15, 0.2) is 36.5 Å². The average molecular weight is 498 g/mol. The van der Waals surface area contributed by atoms with E-state index >= 15 is 0 Å². The fourth-order valence-corrected chi connectivity index (χ4v) is 4.83. The summed E-state index contributed by atoms with van der Waals surface area (Å²) in [5.41, 5.74) is 1.94. The summed E-state index contributed by atoms with van der Waals surface area (Å²) in [6, 6.07) is 7.96. The number of halogens is 3. The van der Waals surface area contributed by atoms with Crippen molar-refractivity contribution in [3.05, 3.63) is 70.2 Å². The van der Waals surface area contributed by atoms with Crippen LogP contribution in [0, 0.1) is 5.41 Å². The van der Waals surface area contributed by atoms with Gasteiger partial charge < -0.3 is 20.8 Å². The molecule has 3 aromatic rings. The predicted octanol–water partition coefficient (Wildman–Crippen LogP) is 2.69. The van der Waals surface area contributed by atoms with Crippen LogP contribution in [0.5, 0.6) is 5.75 Å². The summed E-state index contributed by atoms with van der Waals surface area (Å²) in [7, 11) is 1.45. The van der Waals surface area contributed by atoms with Crippen LogP contribution in [0.25, 0.3) is 5.82 Å². The van der Waals surface area contributed by atoms with Gasteiger partial charge in [0, 0.05) is 31.4 Å². The zero-order chi connectivity index (χ0) is 25.7. The van der Waals surface area contributed by atoms with Gasteiger partial charge in [-0.1, -0.05) is 6.07 Å². The number of aromatic nitrogens is 3. The van der Waals surface area contributed by atoms with Gasteiger partial charge in [0.2, 0.25) is 0 Å². The van der Waals surface area contributed by atoms with Crippen molar-refractivity contribution >= 4 is 18.0 Å². The van der Waals surface area contributed by atoms with Crippen LogP contribution in [0.1, 0.15) is 49.7 Å². The molecule has 0 saturated carbocycles. The molecule has 1 atom stereocenters. The SMILES string of the molecule is CNC(=O)c1c2c(nn1-c1ccc(C=N)cn1)C[C@]1(CCc3cc(OCC(F)(F)F)ccc31)NC2=O. The molecule has 0 unspecified atom stereocenters. The van der Waals surface area contributed by atoms with Gasteiger partial charge in [0.05, 0.1) is 16.8 Å². The van der Waals surface area contributed by atoms with Crippen molar-refractivity contribution in [2.45, 2.75) is 31.0 Å². The lowest BCUT2D eigenvalue weighted by Gasteiger charge is -2.35. The van der Waals surface area contributed by atoms with Crippen LogP contribution < -0.4 is 15.4 Å². The van der Waals surface area contributed by atoms with Gasteiger partial charge in [-0.05, 0) is 48.2 Å². The van der Waals surface area contributed by atoms with Gasteiger partial charge in [-0.3, -0.25) is 9.59 Å². The highest BCUT2D eigenvalue weighted by molar-refractivity contribution is 6.08. The quantitative estimate of drug-likeness (QED) is 0.467. The summed E-state index contributed by atoms with van der Waals surface area (Å²) in [6.45, 7) is -1.38. The summed E-state index contributed by atoms with van der Waals surface area (Å²) in [5.74, 6) is -0.557. The summed E-state index contributed by atoms with van der Waals surface area (Å²) in [4.78, 5) is 30.4. The van der Waals surface area contributed by atoms with E-state index in [0.29, 0.717) is 36.3 Å². The first kappa shape index (κ1) is 23.5. The first-order chi connectivity index (χ1) is 17.1. The van der Waals surface area contributed by atoms with Crippen molar-refractivity contribution in [3.8, 4) is 11.6 Å². The standard InChI is InChI=1S/C24H21F3N6O3/c1-29-22(35)20-19-17(32-33(20)18-5-2-13(10-28)11-30-18)9-23(31-21(19)34)7-6-14-8-15(3-4-16(14)23)36-12-24(25,26)27/h2-5,8,10-11,28H,6-7,9,12H2,1H3,(H,29,35)(H,31,34)/t23-/m0/s1. The lowest BCUT2D eigenvalue weighted by Crippen LogP contribution is -2.50. The summed E-state index contributed by atoms with van der Waals surface area (Å²) < 4.78 is 43.8.